The van der Waals surface area contributed by atoms with Crippen molar-refractivity contribution in [2.75, 3.05) is 6.61 Å². The van der Waals surface area contributed by atoms with Gasteiger partial charge in [0.15, 0.2) is 5.54 Å². The normalized spacial score (nSPS) is 20.8. The molecule has 1 aromatic carbocycles. The lowest BCUT2D eigenvalue weighted by molar-refractivity contribution is -0.147. The lowest BCUT2D eigenvalue weighted by Gasteiger charge is -2.31. The molecule has 0 aliphatic heterocycles. The van der Waals surface area contributed by atoms with Crippen LogP contribution in [0.2, 0.25) is 0 Å². The molecule has 2 aliphatic carbocycles. The molecular formula is C16H21NO4. The van der Waals surface area contributed by atoms with Gasteiger partial charge in [-0.3, -0.25) is 10.1 Å². The predicted molar refractivity (Wildman–Crippen MR) is 77.1 cm³/mol. The van der Waals surface area contributed by atoms with E-state index in [0.717, 1.165) is 31.2 Å². The van der Waals surface area contributed by atoms with E-state index in [4.69, 9.17) is 9.84 Å². The molecule has 0 saturated heterocycles. The minimum absolute atomic E-state index is 0.00927. The number of aliphatic carboxylic acids is 1. The molecule has 0 amide bonds. The molecule has 1 atom stereocenters. The van der Waals surface area contributed by atoms with E-state index >= 15 is 0 Å². The summed E-state index contributed by atoms with van der Waals surface area (Å²) in [6.07, 6.45) is 3.98. The average molecular weight is 291 g/mol. The molecule has 2 saturated carbocycles. The highest BCUT2D eigenvalue weighted by Gasteiger charge is 2.54. The number of aliphatic hydroxyl groups is 1. The molecule has 2 aliphatic rings. The Hall–Kier alpha value is -1.59. The first-order valence-electron chi connectivity index (χ1n) is 7.48. The number of benzene rings is 1. The highest BCUT2D eigenvalue weighted by molar-refractivity contribution is 5.80. The van der Waals surface area contributed by atoms with Crippen molar-refractivity contribution in [3.8, 4) is 5.75 Å². The summed E-state index contributed by atoms with van der Waals surface area (Å²) in [4.78, 5) is 11.8. The van der Waals surface area contributed by atoms with Gasteiger partial charge in [-0.05, 0) is 49.3 Å². The molecule has 0 radical (unpaired) electrons. The highest BCUT2D eigenvalue weighted by atomic mass is 16.5. The standard InChI is InChI=1S/C16H21NO4/c18-9-11-1-7-14(8-2-11)21-10-16(15(19)20,12-3-4-12)17-13-5-6-13/h1-2,7-8,12-13,17-18H,3-6,9-10H2,(H,19,20). The summed E-state index contributed by atoms with van der Waals surface area (Å²) in [7, 11) is 0. The third kappa shape index (κ3) is 3.19. The van der Waals surface area contributed by atoms with E-state index in [1.807, 2.05) is 0 Å². The summed E-state index contributed by atoms with van der Waals surface area (Å²) in [5.41, 5.74) is -0.151. The van der Waals surface area contributed by atoms with Crippen LogP contribution in [0.5, 0.6) is 5.75 Å². The van der Waals surface area contributed by atoms with E-state index in [-0.39, 0.29) is 19.1 Å². The van der Waals surface area contributed by atoms with Gasteiger partial charge in [0.05, 0.1) is 6.61 Å². The van der Waals surface area contributed by atoms with Gasteiger partial charge in [0.25, 0.3) is 0 Å². The summed E-state index contributed by atoms with van der Waals surface area (Å²) in [6, 6.07) is 7.42. The number of carboxylic acid groups (broad SMARTS) is 1. The zero-order valence-corrected chi connectivity index (χ0v) is 11.9. The number of rotatable bonds is 8. The molecule has 21 heavy (non-hydrogen) atoms. The van der Waals surface area contributed by atoms with Gasteiger partial charge in [-0.25, -0.2) is 0 Å². The second kappa shape index (κ2) is 5.66. The Morgan fingerprint density at radius 2 is 1.90 bits per heavy atom. The van der Waals surface area contributed by atoms with Crippen LogP contribution in [0, 0.1) is 5.92 Å². The van der Waals surface area contributed by atoms with Crippen molar-refractivity contribution in [2.24, 2.45) is 5.92 Å². The van der Waals surface area contributed by atoms with Crippen LogP contribution < -0.4 is 10.1 Å². The molecular weight excluding hydrogens is 270 g/mol. The topological polar surface area (TPSA) is 78.8 Å². The SMILES string of the molecule is O=C(O)C(COc1ccc(CO)cc1)(NC1CC1)C1CC1. The molecule has 114 valence electrons. The van der Waals surface area contributed by atoms with Crippen molar-refractivity contribution in [1.82, 2.24) is 5.32 Å². The molecule has 0 spiro atoms. The zero-order valence-electron chi connectivity index (χ0n) is 11.9. The fraction of sp³-hybridized carbons (Fsp3) is 0.562. The van der Waals surface area contributed by atoms with E-state index in [9.17, 15) is 9.90 Å². The Labute approximate surface area is 123 Å². The molecule has 0 aromatic heterocycles. The summed E-state index contributed by atoms with van der Waals surface area (Å²) in [5, 5.41) is 22.0. The van der Waals surface area contributed by atoms with Gasteiger partial charge in [-0.2, -0.15) is 0 Å². The minimum atomic E-state index is -0.961. The van der Waals surface area contributed by atoms with Crippen molar-refractivity contribution in [1.29, 1.82) is 0 Å². The zero-order chi connectivity index (χ0) is 14.9. The van der Waals surface area contributed by atoms with Crippen molar-refractivity contribution in [3.05, 3.63) is 29.8 Å². The Balaban J connectivity index is 1.69. The maximum atomic E-state index is 11.8. The second-order valence-corrected chi connectivity index (χ2v) is 6.06. The van der Waals surface area contributed by atoms with Crippen molar-refractivity contribution >= 4 is 5.97 Å². The van der Waals surface area contributed by atoms with Crippen LogP contribution in [0.25, 0.3) is 0 Å². The summed E-state index contributed by atoms with van der Waals surface area (Å²) >= 11 is 0. The van der Waals surface area contributed by atoms with Gasteiger partial charge in [0.2, 0.25) is 0 Å². The quantitative estimate of drug-likeness (QED) is 0.677. The number of hydrogen-bond donors (Lipinski definition) is 3. The molecule has 1 aromatic rings. The molecule has 5 nitrogen and oxygen atoms in total. The van der Waals surface area contributed by atoms with Gasteiger partial charge in [-0.15, -0.1) is 0 Å². The van der Waals surface area contributed by atoms with Crippen LogP contribution in [0.1, 0.15) is 31.2 Å². The minimum Gasteiger partial charge on any atom is -0.491 e. The number of nitrogens with one attached hydrogen (secondary N) is 1. The number of carbonyl (C=O) groups is 1. The lowest BCUT2D eigenvalue weighted by Crippen LogP contribution is -2.59. The van der Waals surface area contributed by atoms with Gasteiger partial charge in [-0.1, -0.05) is 12.1 Å². The summed E-state index contributed by atoms with van der Waals surface area (Å²) in [6.45, 7) is 0.132. The van der Waals surface area contributed by atoms with Crippen molar-refractivity contribution < 1.29 is 19.7 Å². The largest absolute Gasteiger partial charge is 0.491 e. The van der Waals surface area contributed by atoms with E-state index in [2.05, 4.69) is 5.32 Å². The fourth-order valence-electron chi connectivity index (χ4n) is 2.63. The van der Waals surface area contributed by atoms with Crippen LogP contribution in [0.3, 0.4) is 0 Å². The van der Waals surface area contributed by atoms with Crippen molar-refractivity contribution in [3.63, 3.8) is 0 Å². The number of aliphatic hydroxyl groups excluding tert-OH is 1. The fourth-order valence-corrected chi connectivity index (χ4v) is 2.63. The summed E-state index contributed by atoms with van der Waals surface area (Å²) in [5.74, 6) is -0.0211. The van der Waals surface area contributed by atoms with Crippen LogP contribution >= 0.6 is 0 Å². The third-order valence-electron chi connectivity index (χ3n) is 4.27. The van der Waals surface area contributed by atoms with E-state index in [1.165, 1.54) is 0 Å². The maximum absolute atomic E-state index is 11.8. The van der Waals surface area contributed by atoms with E-state index in [0.29, 0.717) is 11.8 Å². The number of hydrogen-bond acceptors (Lipinski definition) is 4. The van der Waals surface area contributed by atoms with E-state index in [1.54, 1.807) is 24.3 Å². The third-order valence-corrected chi connectivity index (χ3v) is 4.27. The highest BCUT2D eigenvalue weighted by Crippen LogP contribution is 2.42. The van der Waals surface area contributed by atoms with Crippen LogP contribution in [0.15, 0.2) is 24.3 Å². The first-order chi connectivity index (χ1) is 10.1. The van der Waals surface area contributed by atoms with Gasteiger partial charge in [0, 0.05) is 6.04 Å². The lowest BCUT2D eigenvalue weighted by atomic mass is 9.94. The molecule has 3 N–H and O–H groups in total. The van der Waals surface area contributed by atoms with Crippen molar-refractivity contribution in [2.45, 2.75) is 43.9 Å². The van der Waals surface area contributed by atoms with E-state index < -0.39 is 11.5 Å². The van der Waals surface area contributed by atoms with Gasteiger partial charge < -0.3 is 14.9 Å². The first kappa shape index (κ1) is 14.4. The van der Waals surface area contributed by atoms with Crippen LogP contribution in [0.4, 0.5) is 0 Å². The average Bonchev–Trinajstić information content (AvgIpc) is 3.37. The number of carboxylic acids is 1. The van der Waals surface area contributed by atoms with Crippen LogP contribution in [-0.4, -0.2) is 34.4 Å². The molecule has 0 bridgehead atoms. The Morgan fingerprint density at radius 1 is 1.24 bits per heavy atom. The first-order valence-corrected chi connectivity index (χ1v) is 7.48. The number of ether oxygens (including phenoxy) is 1. The Kier molecular flexibility index (Phi) is 3.87. The second-order valence-electron chi connectivity index (χ2n) is 6.06. The monoisotopic (exact) mass is 291 g/mol. The smallest absolute Gasteiger partial charge is 0.327 e. The molecule has 2 fully saturated rings. The maximum Gasteiger partial charge on any atom is 0.327 e. The Morgan fingerprint density at radius 3 is 2.38 bits per heavy atom. The van der Waals surface area contributed by atoms with Crippen LogP contribution in [-0.2, 0) is 11.4 Å². The molecule has 0 heterocycles. The molecule has 5 heteroatoms. The van der Waals surface area contributed by atoms with Gasteiger partial charge in [0.1, 0.15) is 12.4 Å². The molecule has 3 rings (SSSR count). The summed E-state index contributed by atoms with van der Waals surface area (Å²) < 4.78 is 5.74. The molecule has 1 unspecified atom stereocenters. The Bertz CT molecular complexity index is 508. The van der Waals surface area contributed by atoms with Gasteiger partial charge >= 0.3 is 5.97 Å². The predicted octanol–water partition coefficient (Wildman–Crippen LogP) is 1.54.